The van der Waals surface area contributed by atoms with Crippen molar-refractivity contribution in [3.63, 3.8) is 0 Å². The smallest absolute Gasteiger partial charge is 0.335 e. The fourth-order valence-corrected chi connectivity index (χ4v) is 1.92. The zero-order valence-electron chi connectivity index (χ0n) is 12.1. The summed E-state index contributed by atoms with van der Waals surface area (Å²) in [5.41, 5.74) is 1.51. The van der Waals surface area contributed by atoms with Crippen LogP contribution in [-0.4, -0.2) is 36.7 Å². The van der Waals surface area contributed by atoms with Gasteiger partial charge in [0.25, 0.3) is 0 Å². The number of carboxylic acid groups (broad SMARTS) is 1. The molecule has 110 valence electrons. The second kappa shape index (κ2) is 7.37. The zero-order valence-corrected chi connectivity index (χ0v) is 12.1. The van der Waals surface area contributed by atoms with Crippen LogP contribution in [-0.2, 0) is 0 Å². The minimum absolute atomic E-state index is 0.202. The number of carboxylic acids is 1. The summed E-state index contributed by atoms with van der Waals surface area (Å²) in [6.07, 6.45) is 0. The maximum Gasteiger partial charge on any atom is 0.335 e. The first kappa shape index (κ1) is 15.8. The van der Waals surface area contributed by atoms with E-state index in [1.54, 1.807) is 12.1 Å². The van der Waals surface area contributed by atoms with Crippen LogP contribution in [0, 0.1) is 0 Å². The fourth-order valence-electron chi connectivity index (χ4n) is 1.92. The maximum absolute atomic E-state index is 11.6. The number of benzene rings is 1. The van der Waals surface area contributed by atoms with Gasteiger partial charge in [-0.3, -0.25) is 0 Å². The molecular weight excluding hydrogens is 258 g/mol. The van der Waals surface area contributed by atoms with E-state index < -0.39 is 5.97 Å². The zero-order chi connectivity index (χ0) is 15.1. The lowest BCUT2D eigenvalue weighted by Gasteiger charge is -2.24. The number of hydrogen-bond acceptors (Lipinski definition) is 3. The third kappa shape index (κ3) is 3.88. The molecule has 6 heteroatoms. The summed E-state index contributed by atoms with van der Waals surface area (Å²) in [6, 6.07) is 4.38. The topological polar surface area (TPSA) is 81.7 Å². The second-order valence-electron chi connectivity index (χ2n) is 4.19. The second-order valence-corrected chi connectivity index (χ2v) is 4.19. The fraction of sp³-hybridized carbons (Fsp3) is 0.429. The highest BCUT2D eigenvalue weighted by molar-refractivity contribution is 5.96. The Bertz CT molecular complexity index is 485. The van der Waals surface area contributed by atoms with Gasteiger partial charge in [-0.1, -0.05) is 0 Å². The summed E-state index contributed by atoms with van der Waals surface area (Å²) in [6.45, 7) is 7.77. The number of carbonyl (C=O) groups excluding carboxylic acids is 1. The Morgan fingerprint density at radius 2 is 1.85 bits per heavy atom. The molecule has 0 saturated carbocycles. The standard InChI is InChI=1S/C14H21N3O3/c1-4-15-14(20)16-11-8-7-10(13(18)19)9-12(11)17(5-2)6-3/h7-9H,4-6H2,1-3H3,(H,18,19)(H2,15,16,20). The molecule has 2 amide bonds. The molecule has 0 unspecified atom stereocenters. The number of rotatable bonds is 6. The summed E-state index contributed by atoms with van der Waals surface area (Å²) < 4.78 is 0. The summed E-state index contributed by atoms with van der Waals surface area (Å²) in [7, 11) is 0. The van der Waals surface area contributed by atoms with Gasteiger partial charge in [0.15, 0.2) is 0 Å². The lowest BCUT2D eigenvalue weighted by atomic mass is 10.1. The van der Waals surface area contributed by atoms with Crippen molar-refractivity contribution in [1.82, 2.24) is 5.32 Å². The van der Waals surface area contributed by atoms with Crippen molar-refractivity contribution in [1.29, 1.82) is 0 Å². The van der Waals surface area contributed by atoms with Crippen LogP contribution < -0.4 is 15.5 Å². The van der Waals surface area contributed by atoms with Gasteiger partial charge in [0.2, 0.25) is 0 Å². The largest absolute Gasteiger partial charge is 0.478 e. The van der Waals surface area contributed by atoms with E-state index in [-0.39, 0.29) is 11.6 Å². The monoisotopic (exact) mass is 279 g/mol. The molecule has 0 spiro atoms. The Morgan fingerprint density at radius 3 is 2.35 bits per heavy atom. The Hall–Kier alpha value is -2.24. The molecule has 1 aromatic rings. The summed E-state index contributed by atoms with van der Waals surface area (Å²) in [5, 5.41) is 14.5. The number of hydrogen-bond donors (Lipinski definition) is 3. The molecule has 6 nitrogen and oxygen atoms in total. The highest BCUT2D eigenvalue weighted by Gasteiger charge is 2.14. The van der Waals surface area contributed by atoms with E-state index in [9.17, 15) is 9.59 Å². The molecule has 0 fully saturated rings. The molecule has 0 bridgehead atoms. The van der Waals surface area contributed by atoms with Crippen LogP contribution in [0.2, 0.25) is 0 Å². The van der Waals surface area contributed by atoms with Crippen molar-refractivity contribution in [3.8, 4) is 0 Å². The van der Waals surface area contributed by atoms with Crippen LogP contribution >= 0.6 is 0 Å². The molecule has 20 heavy (non-hydrogen) atoms. The molecule has 0 aromatic heterocycles. The highest BCUT2D eigenvalue weighted by Crippen LogP contribution is 2.27. The van der Waals surface area contributed by atoms with E-state index in [4.69, 9.17) is 5.11 Å². The van der Waals surface area contributed by atoms with E-state index in [2.05, 4.69) is 10.6 Å². The third-order valence-corrected chi connectivity index (χ3v) is 2.93. The van der Waals surface area contributed by atoms with E-state index in [1.165, 1.54) is 6.07 Å². The number of nitrogens with one attached hydrogen (secondary N) is 2. The average Bonchev–Trinajstić information content (AvgIpc) is 2.41. The molecular formula is C14H21N3O3. The summed E-state index contributed by atoms with van der Waals surface area (Å²) in [5.74, 6) is -0.983. The SMILES string of the molecule is CCNC(=O)Nc1ccc(C(=O)O)cc1N(CC)CC. The molecule has 0 saturated heterocycles. The number of aromatic carboxylic acids is 1. The normalized spacial score (nSPS) is 9.95. The molecule has 0 radical (unpaired) electrons. The van der Waals surface area contributed by atoms with Crippen LogP contribution in [0.4, 0.5) is 16.2 Å². The Kier molecular flexibility index (Phi) is 5.83. The van der Waals surface area contributed by atoms with Gasteiger partial charge < -0.3 is 20.6 Å². The van der Waals surface area contributed by atoms with Crippen molar-refractivity contribution in [2.75, 3.05) is 29.9 Å². The van der Waals surface area contributed by atoms with Crippen molar-refractivity contribution in [2.24, 2.45) is 0 Å². The van der Waals surface area contributed by atoms with Crippen LogP contribution in [0.25, 0.3) is 0 Å². The molecule has 3 N–H and O–H groups in total. The van der Waals surface area contributed by atoms with Crippen molar-refractivity contribution < 1.29 is 14.7 Å². The van der Waals surface area contributed by atoms with Crippen molar-refractivity contribution in [2.45, 2.75) is 20.8 Å². The molecule has 0 atom stereocenters. The number of amides is 2. The molecule has 1 aromatic carbocycles. The minimum atomic E-state index is -0.983. The molecule has 0 aliphatic heterocycles. The van der Waals surface area contributed by atoms with Gasteiger partial charge in [0, 0.05) is 19.6 Å². The quantitative estimate of drug-likeness (QED) is 0.746. The van der Waals surface area contributed by atoms with E-state index >= 15 is 0 Å². The van der Waals surface area contributed by atoms with E-state index in [0.29, 0.717) is 17.9 Å². The van der Waals surface area contributed by atoms with E-state index in [1.807, 2.05) is 25.7 Å². The first-order valence-corrected chi connectivity index (χ1v) is 6.70. The molecule has 0 aliphatic carbocycles. The number of anilines is 2. The number of nitrogens with zero attached hydrogens (tertiary/aromatic N) is 1. The lowest BCUT2D eigenvalue weighted by Crippen LogP contribution is -2.30. The van der Waals surface area contributed by atoms with Crippen LogP contribution in [0.15, 0.2) is 18.2 Å². The summed E-state index contributed by atoms with van der Waals surface area (Å²) >= 11 is 0. The molecule has 0 heterocycles. The molecule has 1 rings (SSSR count). The van der Waals surface area contributed by atoms with Gasteiger partial charge in [-0.15, -0.1) is 0 Å². The predicted octanol–water partition coefficient (Wildman–Crippen LogP) is 2.37. The first-order chi connectivity index (χ1) is 9.53. The predicted molar refractivity (Wildman–Crippen MR) is 79.7 cm³/mol. The Balaban J connectivity index is 3.14. The molecule has 0 aliphatic rings. The van der Waals surface area contributed by atoms with Crippen LogP contribution in [0.3, 0.4) is 0 Å². The van der Waals surface area contributed by atoms with Crippen molar-refractivity contribution in [3.05, 3.63) is 23.8 Å². The summed E-state index contributed by atoms with van der Waals surface area (Å²) in [4.78, 5) is 24.7. The highest BCUT2D eigenvalue weighted by atomic mass is 16.4. The van der Waals surface area contributed by atoms with Gasteiger partial charge in [-0.2, -0.15) is 0 Å². The number of carbonyl (C=O) groups is 2. The van der Waals surface area contributed by atoms with Crippen LogP contribution in [0.1, 0.15) is 31.1 Å². The third-order valence-electron chi connectivity index (χ3n) is 2.93. The van der Waals surface area contributed by atoms with Gasteiger partial charge in [-0.05, 0) is 39.0 Å². The Labute approximate surface area is 118 Å². The average molecular weight is 279 g/mol. The Morgan fingerprint density at radius 1 is 1.20 bits per heavy atom. The van der Waals surface area contributed by atoms with Crippen LogP contribution in [0.5, 0.6) is 0 Å². The van der Waals surface area contributed by atoms with Gasteiger partial charge in [0.05, 0.1) is 16.9 Å². The minimum Gasteiger partial charge on any atom is -0.478 e. The number of urea groups is 1. The maximum atomic E-state index is 11.6. The van der Waals surface area contributed by atoms with Crippen molar-refractivity contribution >= 4 is 23.4 Å². The van der Waals surface area contributed by atoms with Gasteiger partial charge >= 0.3 is 12.0 Å². The lowest BCUT2D eigenvalue weighted by molar-refractivity contribution is 0.0697. The first-order valence-electron chi connectivity index (χ1n) is 6.70. The van der Waals surface area contributed by atoms with Gasteiger partial charge in [-0.25, -0.2) is 9.59 Å². The van der Waals surface area contributed by atoms with E-state index in [0.717, 1.165) is 13.1 Å². The van der Waals surface area contributed by atoms with Gasteiger partial charge in [0.1, 0.15) is 0 Å².